The lowest BCUT2D eigenvalue weighted by molar-refractivity contribution is -0.146. The highest BCUT2D eigenvalue weighted by Gasteiger charge is 2.54. The summed E-state index contributed by atoms with van der Waals surface area (Å²) in [6.07, 6.45) is 8.80. The molecule has 0 atom stereocenters. The number of hydrogen-bond donors (Lipinski definition) is 2. The lowest BCUT2D eigenvalue weighted by Gasteiger charge is -2.55. The Labute approximate surface area is 122 Å². The molecule has 19 heavy (non-hydrogen) atoms. The van der Waals surface area contributed by atoms with Crippen molar-refractivity contribution in [2.45, 2.75) is 44.9 Å². The predicted molar refractivity (Wildman–Crippen MR) is 79.4 cm³/mol. The van der Waals surface area contributed by atoms with E-state index in [0.717, 1.165) is 37.3 Å². The van der Waals surface area contributed by atoms with E-state index in [4.69, 9.17) is 0 Å². The number of halogens is 1. The minimum atomic E-state index is 0. The van der Waals surface area contributed by atoms with Crippen molar-refractivity contribution in [2.24, 2.45) is 23.2 Å². The fourth-order valence-electron chi connectivity index (χ4n) is 5.04. The van der Waals surface area contributed by atoms with Gasteiger partial charge in [0.05, 0.1) is 0 Å². The van der Waals surface area contributed by atoms with Gasteiger partial charge in [0.25, 0.3) is 0 Å². The molecule has 0 unspecified atom stereocenters. The Morgan fingerprint density at radius 3 is 2.05 bits per heavy atom. The highest BCUT2D eigenvalue weighted by Crippen LogP contribution is 2.60. The molecule has 0 aromatic rings. The van der Waals surface area contributed by atoms with Crippen LogP contribution in [0.15, 0.2) is 0 Å². The van der Waals surface area contributed by atoms with Crippen LogP contribution < -0.4 is 10.6 Å². The van der Waals surface area contributed by atoms with Crippen LogP contribution >= 0.6 is 12.4 Å². The molecule has 0 saturated heterocycles. The molecule has 4 fully saturated rings. The van der Waals surface area contributed by atoms with Crippen molar-refractivity contribution in [3.8, 4) is 0 Å². The van der Waals surface area contributed by atoms with E-state index in [2.05, 4.69) is 10.6 Å². The third kappa shape index (κ3) is 2.92. The summed E-state index contributed by atoms with van der Waals surface area (Å²) in [7, 11) is 1.96. The molecule has 0 radical (unpaired) electrons. The number of carbonyl (C=O) groups excluding carboxylic acids is 1. The summed E-state index contributed by atoms with van der Waals surface area (Å²) in [5, 5.41) is 6.32. The molecule has 4 saturated carbocycles. The number of hydrogen-bond acceptors (Lipinski definition) is 2. The molecule has 0 heterocycles. The fourth-order valence-corrected chi connectivity index (χ4v) is 5.04. The van der Waals surface area contributed by atoms with Crippen molar-refractivity contribution in [3.05, 3.63) is 0 Å². The topological polar surface area (TPSA) is 41.1 Å². The van der Waals surface area contributed by atoms with E-state index in [-0.39, 0.29) is 17.8 Å². The molecule has 4 aliphatic carbocycles. The van der Waals surface area contributed by atoms with Crippen LogP contribution in [0.4, 0.5) is 0 Å². The number of nitrogens with one attached hydrogen (secondary N) is 2. The van der Waals surface area contributed by atoms with E-state index in [0.29, 0.717) is 5.91 Å². The maximum atomic E-state index is 12.5. The van der Waals surface area contributed by atoms with E-state index in [1.54, 1.807) is 0 Å². The van der Waals surface area contributed by atoms with Crippen molar-refractivity contribution in [2.75, 3.05) is 20.1 Å². The highest BCUT2D eigenvalue weighted by atomic mass is 35.5. The molecule has 0 spiro atoms. The molecule has 4 bridgehead atoms. The molecule has 3 nitrogen and oxygen atoms in total. The van der Waals surface area contributed by atoms with Crippen molar-refractivity contribution in [3.63, 3.8) is 0 Å². The summed E-state index contributed by atoms with van der Waals surface area (Å²) in [6.45, 7) is 1.82. The van der Waals surface area contributed by atoms with Crippen molar-refractivity contribution in [1.82, 2.24) is 10.6 Å². The maximum Gasteiger partial charge on any atom is 0.226 e. The molecule has 2 N–H and O–H groups in total. The molecular formula is C15H27ClN2O. The molecular weight excluding hydrogens is 260 g/mol. The third-order valence-electron chi connectivity index (χ3n) is 5.41. The van der Waals surface area contributed by atoms with Crippen LogP contribution in [0.25, 0.3) is 0 Å². The Bertz CT molecular complexity index is 297. The van der Waals surface area contributed by atoms with Crippen LogP contribution in [0.1, 0.15) is 44.9 Å². The molecule has 0 aromatic carbocycles. The smallest absolute Gasteiger partial charge is 0.226 e. The fraction of sp³-hybridized carbons (Fsp3) is 0.933. The Kier molecular flexibility index (Phi) is 4.78. The van der Waals surface area contributed by atoms with Crippen LogP contribution in [-0.2, 0) is 4.79 Å². The van der Waals surface area contributed by atoms with Gasteiger partial charge in [0.15, 0.2) is 0 Å². The van der Waals surface area contributed by atoms with Crippen LogP contribution in [0.5, 0.6) is 0 Å². The molecule has 110 valence electrons. The normalized spacial score (nSPS) is 38.9. The van der Waals surface area contributed by atoms with Gasteiger partial charge in [-0.2, -0.15) is 0 Å². The molecule has 4 rings (SSSR count). The van der Waals surface area contributed by atoms with E-state index in [1.165, 1.54) is 38.5 Å². The van der Waals surface area contributed by atoms with Gasteiger partial charge in [-0.25, -0.2) is 0 Å². The maximum absolute atomic E-state index is 12.5. The van der Waals surface area contributed by atoms with Gasteiger partial charge in [-0.1, -0.05) is 0 Å². The molecule has 0 aromatic heterocycles. The van der Waals surface area contributed by atoms with Gasteiger partial charge in [0, 0.05) is 12.0 Å². The predicted octanol–water partition coefficient (Wildman–Crippen LogP) is 2.35. The van der Waals surface area contributed by atoms with Crippen LogP contribution in [0.2, 0.25) is 0 Å². The first-order valence-electron chi connectivity index (χ1n) is 7.65. The zero-order chi connectivity index (χ0) is 12.6. The zero-order valence-electron chi connectivity index (χ0n) is 11.9. The van der Waals surface area contributed by atoms with Gasteiger partial charge in [-0.3, -0.25) is 4.79 Å². The molecule has 4 aliphatic rings. The first kappa shape index (κ1) is 15.1. The summed E-state index contributed by atoms with van der Waals surface area (Å²) in [6, 6.07) is 0. The van der Waals surface area contributed by atoms with Gasteiger partial charge in [-0.15, -0.1) is 12.4 Å². The Hall–Kier alpha value is -0.280. The van der Waals surface area contributed by atoms with Crippen molar-refractivity contribution < 1.29 is 4.79 Å². The summed E-state index contributed by atoms with van der Waals surface area (Å²) in [5.74, 6) is 2.95. The average Bonchev–Trinajstić information content (AvgIpc) is 2.32. The quantitative estimate of drug-likeness (QED) is 0.762. The Balaban J connectivity index is 0.00000133. The first-order chi connectivity index (χ1) is 8.72. The molecule has 0 aliphatic heterocycles. The van der Waals surface area contributed by atoms with E-state index in [1.807, 2.05) is 7.05 Å². The number of rotatable bonds is 5. The lowest BCUT2D eigenvalue weighted by Crippen LogP contribution is -2.53. The number of amides is 1. The summed E-state index contributed by atoms with van der Waals surface area (Å²) in [4.78, 5) is 12.5. The van der Waals surface area contributed by atoms with E-state index < -0.39 is 0 Å². The summed E-state index contributed by atoms with van der Waals surface area (Å²) in [5.41, 5.74) is 0.0361. The van der Waals surface area contributed by atoms with Gasteiger partial charge in [-0.05, 0) is 76.3 Å². The SMILES string of the molecule is CNCCCNC(=O)C12CC3CC(CC(C3)C1)C2.Cl. The summed E-state index contributed by atoms with van der Waals surface area (Å²) >= 11 is 0. The molecule has 1 amide bonds. The number of carbonyl (C=O) groups is 1. The van der Waals surface area contributed by atoms with Crippen LogP contribution in [0.3, 0.4) is 0 Å². The molecule has 4 heteroatoms. The van der Waals surface area contributed by atoms with Gasteiger partial charge >= 0.3 is 0 Å². The Morgan fingerprint density at radius 1 is 1.05 bits per heavy atom. The first-order valence-corrected chi connectivity index (χ1v) is 7.65. The van der Waals surface area contributed by atoms with Crippen LogP contribution in [0, 0.1) is 23.2 Å². The van der Waals surface area contributed by atoms with Gasteiger partial charge in [0.2, 0.25) is 5.91 Å². The second-order valence-electron chi connectivity index (χ2n) is 6.91. The van der Waals surface area contributed by atoms with Gasteiger partial charge in [0.1, 0.15) is 0 Å². The van der Waals surface area contributed by atoms with E-state index >= 15 is 0 Å². The third-order valence-corrected chi connectivity index (χ3v) is 5.41. The standard InChI is InChI=1S/C15H26N2O.ClH/c1-16-3-2-4-17-14(18)15-8-11-5-12(9-15)7-13(6-11)10-15;/h11-13,16H,2-10H2,1H3,(H,17,18);1H. The van der Waals surface area contributed by atoms with Crippen molar-refractivity contribution in [1.29, 1.82) is 0 Å². The summed E-state index contributed by atoms with van der Waals surface area (Å²) < 4.78 is 0. The lowest BCUT2D eigenvalue weighted by atomic mass is 9.49. The van der Waals surface area contributed by atoms with Crippen molar-refractivity contribution >= 4 is 18.3 Å². The average molecular weight is 287 g/mol. The Morgan fingerprint density at radius 2 is 1.58 bits per heavy atom. The minimum Gasteiger partial charge on any atom is -0.356 e. The monoisotopic (exact) mass is 286 g/mol. The second-order valence-corrected chi connectivity index (χ2v) is 6.91. The zero-order valence-corrected chi connectivity index (χ0v) is 12.7. The van der Waals surface area contributed by atoms with Crippen LogP contribution in [-0.4, -0.2) is 26.0 Å². The largest absolute Gasteiger partial charge is 0.356 e. The highest BCUT2D eigenvalue weighted by molar-refractivity contribution is 5.85. The van der Waals surface area contributed by atoms with E-state index in [9.17, 15) is 4.79 Å². The second kappa shape index (κ2) is 6.01. The van der Waals surface area contributed by atoms with Gasteiger partial charge < -0.3 is 10.6 Å². The minimum absolute atomic E-state index is 0.